The fourth-order valence-electron chi connectivity index (χ4n) is 2.68. The number of anilines is 1. The molecule has 1 aromatic carbocycles. The van der Waals surface area contributed by atoms with Crippen LogP contribution in [-0.2, 0) is 0 Å². The molecule has 2 aromatic rings. The van der Waals surface area contributed by atoms with Gasteiger partial charge in [-0.2, -0.15) is 4.98 Å². The molecule has 0 spiro atoms. The van der Waals surface area contributed by atoms with E-state index in [9.17, 15) is 10.1 Å². The largest absolute Gasteiger partial charge is 0.423 e. The number of rotatable bonds is 3. The van der Waals surface area contributed by atoms with Gasteiger partial charge >= 0.3 is 0 Å². The van der Waals surface area contributed by atoms with Crippen molar-refractivity contribution in [3.63, 3.8) is 0 Å². The summed E-state index contributed by atoms with van der Waals surface area (Å²) < 4.78 is 5.58. The lowest BCUT2D eigenvalue weighted by molar-refractivity contribution is -0.384. The van der Waals surface area contributed by atoms with Gasteiger partial charge in [-0.1, -0.05) is 0 Å². The van der Waals surface area contributed by atoms with Crippen LogP contribution in [0.25, 0.3) is 11.1 Å². The second-order valence-corrected chi connectivity index (χ2v) is 5.62. The summed E-state index contributed by atoms with van der Waals surface area (Å²) in [6.45, 7) is 3.23. The van der Waals surface area contributed by atoms with E-state index in [1.54, 1.807) is 6.07 Å². The predicted molar refractivity (Wildman–Crippen MR) is 79.4 cm³/mol. The van der Waals surface area contributed by atoms with E-state index in [1.807, 2.05) is 0 Å². The average Bonchev–Trinajstić information content (AvgIpc) is 2.84. The minimum absolute atomic E-state index is 0.0121. The molecule has 7 nitrogen and oxygen atoms in total. The molecule has 7 heteroatoms. The van der Waals surface area contributed by atoms with Crippen LogP contribution in [0.1, 0.15) is 19.8 Å². The molecule has 1 aliphatic heterocycles. The van der Waals surface area contributed by atoms with Gasteiger partial charge in [0.05, 0.1) is 11.0 Å². The van der Waals surface area contributed by atoms with Crippen LogP contribution in [0.5, 0.6) is 0 Å². The first-order chi connectivity index (χ1) is 10.0. The number of hydrogen-bond donors (Lipinski definition) is 1. The fourth-order valence-corrected chi connectivity index (χ4v) is 2.68. The summed E-state index contributed by atoms with van der Waals surface area (Å²) in [4.78, 5) is 17.0. The number of non-ortho nitro benzene ring substituents is 1. The zero-order valence-corrected chi connectivity index (χ0v) is 12.1. The number of fused-ring (bicyclic) bond motifs is 1. The van der Waals surface area contributed by atoms with E-state index >= 15 is 0 Å². The second kappa shape index (κ2) is 5.33. The van der Waals surface area contributed by atoms with Crippen molar-refractivity contribution in [3.8, 4) is 0 Å². The zero-order chi connectivity index (χ0) is 15.0. The van der Waals surface area contributed by atoms with Crippen molar-refractivity contribution < 1.29 is 9.34 Å². The Morgan fingerprint density at radius 2 is 2.33 bits per heavy atom. The lowest BCUT2D eigenvalue weighted by Crippen LogP contribution is -2.42. The van der Waals surface area contributed by atoms with Crippen molar-refractivity contribution >= 4 is 22.8 Å². The number of likely N-dealkylation sites (tertiary alicyclic amines) is 1. The summed E-state index contributed by atoms with van der Waals surface area (Å²) in [5.41, 5.74) is 1.08. The van der Waals surface area contributed by atoms with E-state index in [-0.39, 0.29) is 5.69 Å². The number of hydrogen-bond acceptors (Lipinski definition) is 6. The first-order valence-corrected chi connectivity index (χ1v) is 7.04. The highest BCUT2D eigenvalue weighted by Crippen LogP contribution is 2.25. The van der Waals surface area contributed by atoms with Crippen molar-refractivity contribution in [2.75, 3.05) is 18.9 Å². The highest BCUT2D eigenvalue weighted by Gasteiger charge is 2.24. The minimum Gasteiger partial charge on any atom is -0.423 e. The highest BCUT2D eigenvalue weighted by atomic mass is 16.6. The number of nitrogens with one attached hydrogen (secondary N) is 1. The molecule has 3 rings (SSSR count). The van der Waals surface area contributed by atoms with Crippen LogP contribution in [0.3, 0.4) is 0 Å². The first-order valence-electron chi connectivity index (χ1n) is 7.04. The molecule has 112 valence electrons. The summed E-state index contributed by atoms with van der Waals surface area (Å²) in [6.07, 6.45) is 2.05. The first kappa shape index (κ1) is 13.8. The Bertz CT molecular complexity index is 669. The fraction of sp³-hybridized carbons (Fsp3) is 0.500. The van der Waals surface area contributed by atoms with Crippen molar-refractivity contribution in [1.29, 1.82) is 0 Å². The number of aromatic nitrogens is 1. The number of piperidine rings is 1. The summed E-state index contributed by atoms with van der Waals surface area (Å²) in [5.74, 6) is 0. The minimum atomic E-state index is -0.437. The molecule has 2 atom stereocenters. The van der Waals surface area contributed by atoms with Crippen molar-refractivity contribution in [2.24, 2.45) is 0 Å². The van der Waals surface area contributed by atoms with Gasteiger partial charge < -0.3 is 14.6 Å². The molecule has 1 aliphatic rings. The van der Waals surface area contributed by atoms with Gasteiger partial charge in [0.25, 0.3) is 11.7 Å². The number of nitrogens with zero attached hydrogens (tertiary/aromatic N) is 3. The van der Waals surface area contributed by atoms with Gasteiger partial charge in [0.1, 0.15) is 5.52 Å². The standard InChI is InChI=1S/C14H18N4O3/c1-9-7-10(5-6-17(9)2)15-14-16-12-4-3-11(18(19)20)8-13(12)21-14/h3-4,8-10H,5-7H2,1-2H3,(H,15,16). The molecular weight excluding hydrogens is 272 g/mol. The van der Waals surface area contributed by atoms with E-state index in [1.165, 1.54) is 12.1 Å². The van der Waals surface area contributed by atoms with Gasteiger partial charge in [0, 0.05) is 24.7 Å². The van der Waals surface area contributed by atoms with E-state index < -0.39 is 4.92 Å². The van der Waals surface area contributed by atoms with Crippen LogP contribution in [0.15, 0.2) is 22.6 Å². The van der Waals surface area contributed by atoms with Crippen LogP contribution in [-0.4, -0.2) is 40.5 Å². The van der Waals surface area contributed by atoms with Gasteiger partial charge in [0.2, 0.25) is 0 Å². The lowest BCUT2D eigenvalue weighted by atomic mass is 9.99. The molecule has 0 amide bonds. The zero-order valence-electron chi connectivity index (χ0n) is 12.1. The molecule has 2 heterocycles. The van der Waals surface area contributed by atoms with E-state index in [4.69, 9.17) is 4.42 Å². The maximum absolute atomic E-state index is 10.8. The number of nitro benzene ring substituents is 1. The molecule has 0 bridgehead atoms. The predicted octanol–water partition coefficient (Wildman–Crippen LogP) is 2.63. The SMILES string of the molecule is CC1CC(Nc2nc3ccc([N+](=O)[O-])cc3o2)CCN1C. The molecule has 1 N–H and O–H groups in total. The molecule has 0 aliphatic carbocycles. The van der Waals surface area contributed by atoms with Gasteiger partial charge in [-0.3, -0.25) is 10.1 Å². The Labute approximate surface area is 122 Å². The highest BCUT2D eigenvalue weighted by molar-refractivity contribution is 5.77. The summed E-state index contributed by atoms with van der Waals surface area (Å²) in [7, 11) is 2.12. The van der Waals surface area contributed by atoms with E-state index in [0.29, 0.717) is 29.2 Å². The Hall–Kier alpha value is -2.15. The van der Waals surface area contributed by atoms with Gasteiger partial charge in [-0.25, -0.2) is 0 Å². The Morgan fingerprint density at radius 1 is 1.52 bits per heavy atom. The molecule has 1 aromatic heterocycles. The number of nitro groups is 1. The third-order valence-corrected chi connectivity index (χ3v) is 4.12. The van der Waals surface area contributed by atoms with Gasteiger partial charge in [-0.05, 0) is 32.9 Å². The smallest absolute Gasteiger partial charge is 0.295 e. The normalized spacial score (nSPS) is 23.3. The molecule has 1 saturated heterocycles. The Kier molecular flexibility index (Phi) is 3.50. The van der Waals surface area contributed by atoms with Crippen molar-refractivity contribution in [1.82, 2.24) is 9.88 Å². The maximum atomic E-state index is 10.8. The molecule has 0 radical (unpaired) electrons. The summed E-state index contributed by atoms with van der Waals surface area (Å²) >= 11 is 0. The van der Waals surface area contributed by atoms with Crippen LogP contribution < -0.4 is 5.32 Å². The second-order valence-electron chi connectivity index (χ2n) is 5.62. The Balaban J connectivity index is 1.77. The van der Waals surface area contributed by atoms with E-state index in [0.717, 1.165) is 19.4 Å². The van der Waals surface area contributed by atoms with Crippen molar-refractivity contribution in [3.05, 3.63) is 28.3 Å². The molecule has 0 saturated carbocycles. The lowest BCUT2D eigenvalue weighted by Gasteiger charge is -2.34. The van der Waals surface area contributed by atoms with Crippen molar-refractivity contribution in [2.45, 2.75) is 31.8 Å². The van der Waals surface area contributed by atoms with Crippen LogP contribution in [0.2, 0.25) is 0 Å². The van der Waals surface area contributed by atoms with E-state index in [2.05, 4.69) is 29.2 Å². The van der Waals surface area contributed by atoms with Gasteiger partial charge in [-0.15, -0.1) is 0 Å². The van der Waals surface area contributed by atoms with Crippen LogP contribution in [0, 0.1) is 10.1 Å². The number of oxazole rings is 1. The Morgan fingerprint density at radius 3 is 3.05 bits per heavy atom. The van der Waals surface area contributed by atoms with Crippen LogP contribution >= 0.6 is 0 Å². The van der Waals surface area contributed by atoms with Crippen LogP contribution in [0.4, 0.5) is 11.7 Å². The summed E-state index contributed by atoms with van der Waals surface area (Å²) in [6, 6.07) is 5.73. The third-order valence-electron chi connectivity index (χ3n) is 4.12. The van der Waals surface area contributed by atoms with Gasteiger partial charge in [0.15, 0.2) is 5.58 Å². The third kappa shape index (κ3) is 2.82. The molecule has 1 fully saturated rings. The number of benzene rings is 1. The topological polar surface area (TPSA) is 84.4 Å². The maximum Gasteiger partial charge on any atom is 0.295 e. The monoisotopic (exact) mass is 290 g/mol. The average molecular weight is 290 g/mol. The molecular formula is C14H18N4O3. The summed E-state index contributed by atoms with van der Waals surface area (Å²) in [5, 5.41) is 14.1. The molecule has 21 heavy (non-hydrogen) atoms. The quantitative estimate of drug-likeness (QED) is 0.691. The molecule has 2 unspecified atom stereocenters.